The summed E-state index contributed by atoms with van der Waals surface area (Å²) < 4.78 is 33.1. The van der Waals surface area contributed by atoms with Gasteiger partial charge in [-0.1, -0.05) is 0 Å². The maximum Gasteiger partial charge on any atom is 0.203 e. The number of benzene rings is 2. The lowest BCUT2D eigenvalue weighted by atomic mass is 10.0. The topological polar surface area (TPSA) is 90.9 Å². The van der Waals surface area contributed by atoms with Crippen molar-refractivity contribution in [2.24, 2.45) is 0 Å². The Kier molecular flexibility index (Phi) is 9.62. The van der Waals surface area contributed by atoms with Gasteiger partial charge in [-0.25, -0.2) is 0 Å². The molecule has 1 aliphatic heterocycles. The van der Waals surface area contributed by atoms with Gasteiger partial charge in [0.1, 0.15) is 5.66 Å². The number of aromatic nitrogens is 2. The van der Waals surface area contributed by atoms with Crippen LogP contribution in [-0.4, -0.2) is 96.9 Å². The molecule has 1 aliphatic rings. The second kappa shape index (κ2) is 13.6. The monoisotopic (exact) mass is 629 g/mol. The van der Waals surface area contributed by atoms with Crippen LogP contribution in [0.3, 0.4) is 0 Å². The van der Waals surface area contributed by atoms with Crippen molar-refractivity contribution < 1.29 is 28.4 Å². The fourth-order valence-corrected chi connectivity index (χ4v) is 5.92. The average molecular weight is 630 g/mol. The molecule has 0 bridgehead atoms. The average Bonchev–Trinajstić information content (AvgIpc) is 3.10. The Labute approximate surface area is 271 Å². The fourth-order valence-electron chi connectivity index (χ4n) is 5.92. The van der Waals surface area contributed by atoms with E-state index in [1.807, 2.05) is 48.8 Å². The molecule has 0 spiro atoms. The number of likely N-dealkylation sites (N-methyl/N-ethyl adjacent to an activating group) is 1. The quantitative estimate of drug-likeness (QED) is 0.212. The number of nitrogens with zero attached hydrogens (tertiary/aromatic N) is 5. The van der Waals surface area contributed by atoms with E-state index in [4.69, 9.17) is 38.4 Å². The third-order valence-corrected chi connectivity index (χ3v) is 8.72. The number of pyridine rings is 2. The van der Waals surface area contributed by atoms with Gasteiger partial charge in [0.05, 0.1) is 84.4 Å². The van der Waals surface area contributed by atoms with Crippen LogP contribution in [0.2, 0.25) is 0 Å². The third-order valence-electron chi connectivity index (χ3n) is 8.72. The van der Waals surface area contributed by atoms with Crippen molar-refractivity contribution in [1.29, 1.82) is 0 Å². The Morgan fingerprint density at radius 1 is 0.609 bits per heavy atom. The molecule has 244 valence electrons. The van der Waals surface area contributed by atoms with Crippen LogP contribution in [0.4, 0.5) is 11.4 Å². The minimum Gasteiger partial charge on any atom is -0.493 e. The van der Waals surface area contributed by atoms with Crippen LogP contribution >= 0.6 is 0 Å². The molecule has 46 heavy (non-hydrogen) atoms. The normalized spacial score (nSPS) is 16.3. The minimum absolute atomic E-state index is 0.316. The number of rotatable bonds is 11. The molecule has 0 amide bonds. The van der Waals surface area contributed by atoms with Gasteiger partial charge in [0.15, 0.2) is 23.0 Å². The van der Waals surface area contributed by atoms with Gasteiger partial charge in [-0.3, -0.25) is 14.9 Å². The van der Waals surface area contributed by atoms with E-state index >= 15 is 0 Å². The molecule has 2 aromatic heterocycles. The molecule has 1 atom stereocenters. The molecule has 0 N–H and O–H groups in total. The molecular formula is C35H43N5O6. The summed E-state index contributed by atoms with van der Waals surface area (Å²) in [5.74, 6) is 3.46. The Balaban J connectivity index is 1.37. The van der Waals surface area contributed by atoms with Crippen molar-refractivity contribution in [3.05, 3.63) is 60.9 Å². The molecule has 1 saturated heterocycles. The SMILES string of the molecule is COc1cc(-c2ccc(N3CCN(c4ccc(-c5cc(OC)c(OC)c(OC)c5)nc4)C(C)(N(C)C)C3)cn2)cc(OC)c1OC. The summed E-state index contributed by atoms with van der Waals surface area (Å²) >= 11 is 0. The summed E-state index contributed by atoms with van der Waals surface area (Å²) in [6.45, 7) is 4.64. The van der Waals surface area contributed by atoms with Crippen molar-refractivity contribution >= 4 is 11.4 Å². The van der Waals surface area contributed by atoms with Crippen molar-refractivity contribution in [3.8, 4) is 57.0 Å². The fraction of sp³-hybridized carbons (Fsp3) is 0.371. The van der Waals surface area contributed by atoms with Gasteiger partial charge in [0, 0.05) is 24.2 Å². The van der Waals surface area contributed by atoms with Crippen LogP contribution in [0.5, 0.6) is 34.5 Å². The van der Waals surface area contributed by atoms with Gasteiger partial charge in [0.25, 0.3) is 0 Å². The van der Waals surface area contributed by atoms with Crippen LogP contribution in [0.15, 0.2) is 60.9 Å². The second-order valence-corrected chi connectivity index (χ2v) is 11.3. The Hall–Kier alpha value is -4.90. The number of anilines is 2. The predicted molar refractivity (Wildman–Crippen MR) is 180 cm³/mol. The molecule has 0 aliphatic carbocycles. The molecule has 0 radical (unpaired) electrons. The highest BCUT2D eigenvalue weighted by Gasteiger charge is 2.40. The molecule has 11 heteroatoms. The number of piperazine rings is 1. The zero-order valence-corrected chi connectivity index (χ0v) is 28.1. The highest BCUT2D eigenvalue weighted by Crippen LogP contribution is 2.42. The molecule has 11 nitrogen and oxygen atoms in total. The van der Waals surface area contributed by atoms with Crippen LogP contribution in [0.25, 0.3) is 22.5 Å². The van der Waals surface area contributed by atoms with E-state index in [0.717, 1.165) is 53.5 Å². The standard InChI is InChI=1S/C35H43N5O6/c1-35(38(2)3)22-39(25-10-12-27(36-20-25)23-16-29(41-4)33(45-8)30(17-23)42-5)14-15-40(35)26-11-13-28(37-21-26)24-18-31(43-6)34(46-9)32(19-24)44-7/h10-13,16-21H,14-15,22H2,1-9H3. The lowest BCUT2D eigenvalue weighted by molar-refractivity contribution is 0.157. The summed E-state index contributed by atoms with van der Waals surface area (Å²) in [6.07, 6.45) is 3.86. The van der Waals surface area contributed by atoms with Gasteiger partial charge < -0.3 is 38.2 Å². The first-order chi connectivity index (χ1) is 22.2. The first kappa shape index (κ1) is 32.5. The number of methoxy groups -OCH3 is 6. The summed E-state index contributed by atoms with van der Waals surface area (Å²) in [7, 11) is 13.9. The molecule has 1 fully saturated rings. The molecule has 2 aromatic carbocycles. The minimum atomic E-state index is -0.316. The van der Waals surface area contributed by atoms with E-state index in [0.29, 0.717) is 34.5 Å². The largest absolute Gasteiger partial charge is 0.493 e. The summed E-state index contributed by atoms with van der Waals surface area (Å²) in [5.41, 5.74) is 5.17. The molecule has 3 heterocycles. The van der Waals surface area contributed by atoms with Crippen LogP contribution in [-0.2, 0) is 0 Å². The van der Waals surface area contributed by atoms with Gasteiger partial charge in [-0.15, -0.1) is 0 Å². The number of hydrogen-bond acceptors (Lipinski definition) is 11. The highest BCUT2D eigenvalue weighted by atomic mass is 16.5. The summed E-state index contributed by atoms with van der Waals surface area (Å²) in [6, 6.07) is 15.9. The molecule has 5 rings (SSSR count). The summed E-state index contributed by atoms with van der Waals surface area (Å²) in [4.78, 5) is 16.7. The number of hydrogen-bond donors (Lipinski definition) is 0. The van der Waals surface area contributed by atoms with E-state index in [9.17, 15) is 0 Å². The van der Waals surface area contributed by atoms with Gasteiger partial charge in [-0.05, 0) is 69.6 Å². The van der Waals surface area contributed by atoms with Crippen molar-refractivity contribution in [2.75, 3.05) is 86.2 Å². The Morgan fingerprint density at radius 2 is 1.04 bits per heavy atom. The van der Waals surface area contributed by atoms with E-state index in [1.54, 1.807) is 42.7 Å². The van der Waals surface area contributed by atoms with Crippen LogP contribution in [0.1, 0.15) is 6.92 Å². The Bertz CT molecular complexity index is 1600. The van der Waals surface area contributed by atoms with E-state index < -0.39 is 0 Å². The number of ether oxygens (including phenoxy) is 6. The molecule has 1 unspecified atom stereocenters. The van der Waals surface area contributed by atoms with Crippen LogP contribution in [0, 0.1) is 0 Å². The van der Waals surface area contributed by atoms with Crippen LogP contribution < -0.4 is 38.2 Å². The van der Waals surface area contributed by atoms with E-state index in [1.165, 1.54) is 0 Å². The van der Waals surface area contributed by atoms with Crippen molar-refractivity contribution in [2.45, 2.75) is 12.6 Å². The van der Waals surface area contributed by atoms with Gasteiger partial charge in [-0.2, -0.15) is 0 Å². The van der Waals surface area contributed by atoms with Crippen molar-refractivity contribution in [1.82, 2.24) is 14.9 Å². The zero-order valence-electron chi connectivity index (χ0n) is 28.1. The maximum absolute atomic E-state index is 5.55. The van der Waals surface area contributed by atoms with Gasteiger partial charge in [0.2, 0.25) is 11.5 Å². The predicted octanol–water partition coefficient (Wildman–Crippen LogP) is 5.47. The zero-order chi connectivity index (χ0) is 33.0. The lowest BCUT2D eigenvalue weighted by Crippen LogP contribution is -2.67. The molecule has 0 saturated carbocycles. The molecular weight excluding hydrogens is 586 g/mol. The second-order valence-electron chi connectivity index (χ2n) is 11.3. The van der Waals surface area contributed by atoms with Gasteiger partial charge >= 0.3 is 0 Å². The maximum atomic E-state index is 5.55. The van der Waals surface area contributed by atoms with E-state index in [-0.39, 0.29) is 5.66 Å². The smallest absolute Gasteiger partial charge is 0.203 e. The highest BCUT2D eigenvalue weighted by molar-refractivity contribution is 5.71. The Morgan fingerprint density at radius 3 is 1.39 bits per heavy atom. The van der Waals surface area contributed by atoms with E-state index in [2.05, 4.69) is 47.9 Å². The summed E-state index contributed by atoms with van der Waals surface area (Å²) in [5, 5.41) is 0. The first-order valence-electron chi connectivity index (χ1n) is 14.9. The molecule has 4 aromatic rings. The first-order valence-corrected chi connectivity index (χ1v) is 14.9. The lowest BCUT2D eigenvalue weighted by Gasteiger charge is -2.53. The van der Waals surface area contributed by atoms with Crippen molar-refractivity contribution in [3.63, 3.8) is 0 Å². The third kappa shape index (κ3) is 6.02.